The molecule has 0 radical (unpaired) electrons. The minimum Gasteiger partial charge on any atom is -0.349 e. The van der Waals surface area contributed by atoms with E-state index in [-0.39, 0.29) is 28.6 Å². The smallest absolute Gasteiger partial charge is 0.349 e. The maximum absolute atomic E-state index is 12.9. The van der Waals surface area contributed by atoms with Crippen LogP contribution in [0.2, 0.25) is 5.02 Å². The fourth-order valence-corrected chi connectivity index (χ4v) is 4.30. The highest BCUT2D eigenvalue weighted by molar-refractivity contribution is 7.09. The molecule has 1 amide bonds. The molecule has 1 atom stereocenters. The lowest BCUT2D eigenvalue weighted by molar-refractivity contribution is -0.137. The Hall–Kier alpha value is -1.64. The lowest BCUT2D eigenvalue weighted by Crippen LogP contribution is -2.39. The van der Waals surface area contributed by atoms with E-state index in [2.05, 4.69) is 10.3 Å². The third-order valence-electron chi connectivity index (χ3n) is 4.89. The third kappa shape index (κ3) is 4.80. The highest BCUT2D eigenvalue weighted by atomic mass is 35.5. The zero-order chi connectivity index (χ0) is 19.6. The number of nitrogens with zero attached hydrogens (tertiary/aromatic N) is 1. The van der Waals surface area contributed by atoms with E-state index in [1.807, 2.05) is 5.38 Å². The maximum atomic E-state index is 12.9. The summed E-state index contributed by atoms with van der Waals surface area (Å²) in [5, 5.41) is 5.59. The monoisotopic (exact) mass is 417 g/mol. The molecule has 1 aliphatic rings. The van der Waals surface area contributed by atoms with Crippen molar-refractivity contribution in [1.82, 2.24) is 10.3 Å². The van der Waals surface area contributed by atoms with Crippen molar-refractivity contribution in [3.63, 3.8) is 0 Å². The Bertz CT molecular complexity index is 790. The molecule has 1 aromatic heterocycles. The Morgan fingerprint density at radius 1 is 1.30 bits per heavy atom. The predicted octanol–water partition coefficient (Wildman–Crippen LogP) is 4.80. The van der Waals surface area contributed by atoms with Gasteiger partial charge in [-0.25, -0.2) is 4.98 Å². The molecule has 146 valence electrons. The van der Waals surface area contributed by atoms with Crippen molar-refractivity contribution in [3.05, 3.63) is 50.9 Å². The summed E-state index contributed by atoms with van der Waals surface area (Å²) in [4.78, 5) is 16.7. The van der Waals surface area contributed by atoms with E-state index in [0.717, 1.165) is 36.0 Å². The Morgan fingerprint density at radius 2 is 2.00 bits per heavy atom. The second kappa shape index (κ2) is 8.16. The summed E-state index contributed by atoms with van der Waals surface area (Å²) in [5.74, 6) is -0.305. The second-order valence-corrected chi connectivity index (χ2v) is 8.01. The van der Waals surface area contributed by atoms with Crippen molar-refractivity contribution in [2.45, 2.75) is 43.9 Å². The van der Waals surface area contributed by atoms with Crippen LogP contribution < -0.4 is 11.1 Å². The summed E-state index contributed by atoms with van der Waals surface area (Å²) >= 11 is 7.46. The highest BCUT2D eigenvalue weighted by Crippen LogP contribution is 2.35. The summed E-state index contributed by atoms with van der Waals surface area (Å²) in [6.45, 7) is 0. The van der Waals surface area contributed by atoms with Gasteiger partial charge in [0.05, 0.1) is 22.2 Å². The van der Waals surface area contributed by atoms with E-state index in [0.29, 0.717) is 12.8 Å². The number of amides is 1. The first kappa shape index (κ1) is 20.1. The first-order valence-corrected chi connectivity index (χ1v) is 9.84. The molecule has 1 unspecified atom stereocenters. The molecular formula is C18H19ClF3N3OS. The van der Waals surface area contributed by atoms with Crippen LogP contribution >= 0.6 is 22.9 Å². The van der Waals surface area contributed by atoms with Crippen LogP contribution in [0.15, 0.2) is 29.8 Å². The topological polar surface area (TPSA) is 68.0 Å². The van der Waals surface area contributed by atoms with E-state index in [4.69, 9.17) is 17.3 Å². The van der Waals surface area contributed by atoms with Gasteiger partial charge in [-0.2, -0.15) is 13.2 Å². The number of halogens is 4. The lowest BCUT2D eigenvalue weighted by Gasteiger charge is -2.31. The van der Waals surface area contributed by atoms with Gasteiger partial charge in [0.2, 0.25) is 0 Å². The van der Waals surface area contributed by atoms with Crippen molar-refractivity contribution >= 4 is 28.8 Å². The van der Waals surface area contributed by atoms with E-state index in [1.54, 1.807) is 6.20 Å². The minimum atomic E-state index is -4.52. The van der Waals surface area contributed by atoms with Crippen LogP contribution in [-0.2, 0) is 6.18 Å². The van der Waals surface area contributed by atoms with Crippen molar-refractivity contribution in [2.75, 3.05) is 0 Å². The van der Waals surface area contributed by atoms with Crippen LogP contribution in [0.5, 0.6) is 0 Å². The van der Waals surface area contributed by atoms with Crippen LogP contribution in [0.4, 0.5) is 13.2 Å². The van der Waals surface area contributed by atoms with E-state index >= 15 is 0 Å². The van der Waals surface area contributed by atoms with Gasteiger partial charge in [-0.05, 0) is 49.8 Å². The Morgan fingerprint density at radius 3 is 2.59 bits per heavy atom. The average Bonchev–Trinajstić information content (AvgIpc) is 3.15. The quantitative estimate of drug-likeness (QED) is 0.750. The second-order valence-electron chi connectivity index (χ2n) is 6.67. The molecule has 3 rings (SSSR count). The van der Waals surface area contributed by atoms with Crippen molar-refractivity contribution in [3.8, 4) is 0 Å². The zero-order valence-electron chi connectivity index (χ0n) is 14.3. The van der Waals surface area contributed by atoms with Gasteiger partial charge in [0.25, 0.3) is 5.91 Å². The number of carbonyl (C=O) groups is 1. The third-order valence-corrected chi connectivity index (χ3v) is 6.10. The molecule has 1 fully saturated rings. The highest BCUT2D eigenvalue weighted by Gasteiger charge is 2.32. The molecular weight excluding hydrogens is 399 g/mol. The molecule has 1 aliphatic carbocycles. The van der Waals surface area contributed by atoms with Gasteiger partial charge in [0.1, 0.15) is 5.01 Å². The first-order chi connectivity index (χ1) is 12.8. The van der Waals surface area contributed by atoms with Crippen LogP contribution in [0.3, 0.4) is 0 Å². The number of benzene rings is 1. The van der Waals surface area contributed by atoms with E-state index in [1.165, 1.54) is 11.3 Å². The molecule has 0 bridgehead atoms. The maximum Gasteiger partial charge on any atom is 0.416 e. The molecule has 4 nitrogen and oxygen atoms in total. The molecule has 9 heteroatoms. The summed E-state index contributed by atoms with van der Waals surface area (Å²) in [7, 11) is 0. The fourth-order valence-electron chi connectivity index (χ4n) is 3.36. The van der Waals surface area contributed by atoms with Gasteiger partial charge in [0.15, 0.2) is 0 Å². The molecule has 0 spiro atoms. The van der Waals surface area contributed by atoms with Crippen molar-refractivity contribution in [2.24, 2.45) is 11.7 Å². The van der Waals surface area contributed by atoms with Gasteiger partial charge in [-0.15, -0.1) is 11.3 Å². The Balaban J connectivity index is 1.60. The van der Waals surface area contributed by atoms with Gasteiger partial charge in [-0.1, -0.05) is 11.6 Å². The van der Waals surface area contributed by atoms with Crippen molar-refractivity contribution in [1.29, 1.82) is 0 Å². The van der Waals surface area contributed by atoms with Crippen LogP contribution in [0, 0.1) is 5.92 Å². The van der Waals surface area contributed by atoms with Gasteiger partial charge in [-0.3, -0.25) is 4.79 Å². The number of aromatic nitrogens is 1. The molecule has 0 aliphatic heterocycles. The average molecular weight is 418 g/mol. The Kier molecular flexibility index (Phi) is 6.08. The van der Waals surface area contributed by atoms with Gasteiger partial charge < -0.3 is 11.1 Å². The van der Waals surface area contributed by atoms with Crippen LogP contribution in [0.1, 0.15) is 52.7 Å². The number of hydrogen-bond acceptors (Lipinski definition) is 4. The lowest BCUT2D eigenvalue weighted by atomic mass is 9.82. The molecule has 27 heavy (non-hydrogen) atoms. The van der Waals surface area contributed by atoms with Gasteiger partial charge >= 0.3 is 6.18 Å². The number of nitrogens with one attached hydrogen (secondary N) is 1. The number of rotatable bonds is 4. The Labute approximate surface area is 163 Å². The standard InChI is InChI=1S/C18H19ClF3N3OS/c19-14-6-3-11(18(20,21)22)9-13(14)16(26)25-12-4-1-10(2-5-12)15(23)17-24-7-8-27-17/h3,6-10,12,15H,1-2,4-5,23H2,(H,25,26). The predicted molar refractivity (Wildman–Crippen MR) is 98.7 cm³/mol. The molecule has 1 saturated carbocycles. The minimum absolute atomic E-state index is 0.0000204. The molecule has 0 saturated heterocycles. The van der Waals surface area contributed by atoms with Gasteiger partial charge in [0, 0.05) is 17.6 Å². The SMILES string of the molecule is NC(c1nccs1)C1CCC(NC(=O)c2cc(C(F)(F)F)ccc2Cl)CC1. The summed E-state index contributed by atoms with van der Waals surface area (Å²) in [6, 6.07) is 2.53. The number of hydrogen-bond donors (Lipinski definition) is 2. The summed E-state index contributed by atoms with van der Waals surface area (Å²) in [6.07, 6.45) is 0.274. The number of nitrogens with two attached hydrogens (primary N) is 1. The van der Waals surface area contributed by atoms with E-state index in [9.17, 15) is 18.0 Å². The first-order valence-electron chi connectivity index (χ1n) is 8.58. The molecule has 1 aromatic carbocycles. The van der Waals surface area contributed by atoms with Crippen LogP contribution in [0.25, 0.3) is 0 Å². The van der Waals surface area contributed by atoms with Crippen molar-refractivity contribution < 1.29 is 18.0 Å². The number of alkyl halides is 3. The molecule has 2 aromatic rings. The largest absolute Gasteiger partial charge is 0.416 e. The molecule has 3 N–H and O–H groups in total. The summed E-state index contributed by atoms with van der Waals surface area (Å²) < 4.78 is 38.6. The molecule has 1 heterocycles. The van der Waals surface area contributed by atoms with E-state index < -0.39 is 17.6 Å². The summed E-state index contributed by atoms with van der Waals surface area (Å²) in [5.41, 5.74) is 5.21. The fraction of sp³-hybridized carbons (Fsp3) is 0.444. The number of carbonyl (C=O) groups excluding carboxylic acids is 1. The number of thiazole rings is 1. The normalized spacial score (nSPS) is 21.7. The van der Waals surface area contributed by atoms with Crippen LogP contribution in [-0.4, -0.2) is 16.9 Å². The zero-order valence-corrected chi connectivity index (χ0v) is 15.9.